The molecule has 19 heavy (non-hydrogen) atoms. The molecular weight excluding hydrogens is 316 g/mol. The van der Waals surface area contributed by atoms with Gasteiger partial charge in [0.15, 0.2) is 0 Å². The van der Waals surface area contributed by atoms with Gasteiger partial charge in [-0.05, 0) is 35.0 Å². The van der Waals surface area contributed by atoms with Gasteiger partial charge in [-0.25, -0.2) is 0 Å². The molecule has 0 radical (unpaired) electrons. The number of carbonyl (C=O) groups excluding carboxylic acids is 1. The van der Waals surface area contributed by atoms with Gasteiger partial charge in [-0.15, -0.1) is 0 Å². The smallest absolute Gasteiger partial charge is 0.284 e. The van der Waals surface area contributed by atoms with Crippen molar-refractivity contribution >= 4 is 33.3 Å². The Morgan fingerprint density at radius 1 is 1.53 bits per heavy atom. The van der Waals surface area contributed by atoms with Crippen molar-refractivity contribution < 1.29 is 9.72 Å². The average Bonchev–Trinajstić information content (AvgIpc) is 2.75. The zero-order chi connectivity index (χ0) is 14.0. The first-order valence-corrected chi connectivity index (χ1v) is 6.03. The van der Waals surface area contributed by atoms with Gasteiger partial charge in [0.1, 0.15) is 5.82 Å². The van der Waals surface area contributed by atoms with E-state index >= 15 is 0 Å². The maximum atomic E-state index is 12.0. The highest BCUT2D eigenvalue weighted by Gasteiger charge is 2.16. The summed E-state index contributed by atoms with van der Waals surface area (Å²) in [4.78, 5) is 22.2. The number of amides is 1. The fourth-order valence-electron chi connectivity index (χ4n) is 1.45. The molecule has 1 aromatic heterocycles. The first-order valence-electron chi connectivity index (χ1n) is 5.24. The van der Waals surface area contributed by atoms with Gasteiger partial charge in [0.25, 0.3) is 11.6 Å². The normalized spacial score (nSPS) is 10.2. The minimum absolute atomic E-state index is 0.158. The fraction of sp³-hybridized carbons (Fsp3) is 0.0909. The summed E-state index contributed by atoms with van der Waals surface area (Å²) in [6.07, 6.45) is 1.57. The van der Waals surface area contributed by atoms with Gasteiger partial charge in [-0.2, -0.15) is 5.10 Å². The number of nitro groups is 1. The molecule has 0 saturated carbocycles. The van der Waals surface area contributed by atoms with Crippen LogP contribution in [0.15, 0.2) is 28.9 Å². The summed E-state index contributed by atoms with van der Waals surface area (Å²) >= 11 is 3.06. The van der Waals surface area contributed by atoms with Gasteiger partial charge in [-0.3, -0.25) is 20.0 Å². The number of halogens is 1. The molecule has 0 fully saturated rings. The summed E-state index contributed by atoms with van der Waals surface area (Å²) < 4.78 is 0.326. The van der Waals surface area contributed by atoms with Crippen molar-refractivity contribution in [3.8, 4) is 0 Å². The van der Waals surface area contributed by atoms with E-state index < -0.39 is 10.8 Å². The summed E-state index contributed by atoms with van der Waals surface area (Å²) in [5.41, 5.74) is 0.817. The van der Waals surface area contributed by atoms with E-state index in [-0.39, 0.29) is 11.3 Å². The number of aromatic amines is 1. The second-order valence-corrected chi connectivity index (χ2v) is 4.66. The van der Waals surface area contributed by atoms with Gasteiger partial charge in [0, 0.05) is 17.2 Å². The number of aromatic nitrogens is 2. The number of aryl methyl sites for hydroxylation is 1. The molecule has 0 aliphatic carbocycles. The van der Waals surface area contributed by atoms with Crippen LogP contribution in [-0.2, 0) is 0 Å². The highest BCUT2D eigenvalue weighted by atomic mass is 79.9. The Balaban J connectivity index is 2.27. The first kappa shape index (κ1) is 13.2. The van der Waals surface area contributed by atoms with Crippen molar-refractivity contribution in [1.82, 2.24) is 10.2 Å². The topological polar surface area (TPSA) is 101 Å². The van der Waals surface area contributed by atoms with Crippen LogP contribution in [0.3, 0.4) is 0 Å². The maximum absolute atomic E-state index is 12.0. The van der Waals surface area contributed by atoms with Crippen molar-refractivity contribution in [3.05, 3.63) is 50.1 Å². The van der Waals surface area contributed by atoms with Gasteiger partial charge >= 0.3 is 0 Å². The molecule has 8 heteroatoms. The standard InChI is InChI=1S/C11H9BrN4O3/c1-6-5-13-15-10(6)14-11(17)7-2-3-8(12)9(4-7)16(18)19/h2-5H,1H3,(H2,13,14,15,17). The van der Waals surface area contributed by atoms with Gasteiger partial charge in [0.05, 0.1) is 15.6 Å². The Labute approximate surface area is 116 Å². The van der Waals surface area contributed by atoms with Crippen LogP contribution in [-0.4, -0.2) is 21.0 Å². The second kappa shape index (κ2) is 5.19. The van der Waals surface area contributed by atoms with E-state index in [0.717, 1.165) is 5.56 Å². The fourth-order valence-corrected chi connectivity index (χ4v) is 1.84. The van der Waals surface area contributed by atoms with Crippen molar-refractivity contribution in [3.63, 3.8) is 0 Å². The Bertz CT molecular complexity index is 653. The Kier molecular flexibility index (Phi) is 3.61. The van der Waals surface area contributed by atoms with Crippen molar-refractivity contribution in [2.24, 2.45) is 0 Å². The third kappa shape index (κ3) is 2.79. The van der Waals surface area contributed by atoms with Crippen LogP contribution in [0.25, 0.3) is 0 Å². The number of nitrogens with one attached hydrogen (secondary N) is 2. The van der Waals surface area contributed by atoms with Crippen LogP contribution in [0.2, 0.25) is 0 Å². The minimum Gasteiger partial charge on any atom is -0.307 e. The van der Waals surface area contributed by atoms with Crippen LogP contribution >= 0.6 is 15.9 Å². The summed E-state index contributed by atoms with van der Waals surface area (Å²) in [5, 5.41) is 19.8. The molecule has 0 aliphatic rings. The molecule has 1 aromatic carbocycles. The average molecular weight is 325 g/mol. The molecule has 2 N–H and O–H groups in total. The number of carbonyl (C=O) groups is 1. The molecule has 0 spiro atoms. The van der Waals surface area contributed by atoms with E-state index in [1.54, 1.807) is 13.1 Å². The maximum Gasteiger partial charge on any atom is 0.284 e. The van der Waals surface area contributed by atoms with Crippen LogP contribution in [0.4, 0.5) is 11.5 Å². The lowest BCUT2D eigenvalue weighted by Gasteiger charge is -2.04. The highest BCUT2D eigenvalue weighted by Crippen LogP contribution is 2.26. The molecule has 0 saturated heterocycles. The second-order valence-electron chi connectivity index (χ2n) is 3.81. The van der Waals surface area contributed by atoms with E-state index in [4.69, 9.17) is 0 Å². The third-order valence-corrected chi connectivity index (χ3v) is 3.14. The Morgan fingerprint density at radius 3 is 2.84 bits per heavy atom. The Morgan fingerprint density at radius 2 is 2.26 bits per heavy atom. The van der Waals surface area contributed by atoms with Crippen LogP contribution in [0.5, 0.6) is 0 Å². The van der Waals surface area contributed by atoms with Crippen LogP contribution < -0.4 is 5.32 Å². The number of H-pyrrole nitrogens is 1. The molecule has 1 amide bonds. The number of hydrogen-bond donors (Lipinski definition) is 2. The number of anilines is 1. The molecule has 2 rings (SSSR count). The zero-order valence-electron chi connectivity index (χ0n) is 9.81. The van der Waals surface area contributed by atoms with Gasteiger partial charge in [0.2, 0.25) is 0 Å². The van der Waals surface area contributed by atoms with Crippen molar-refractivity contribution in [2.75, 3.05) is 5.32 Å². The lowest BCUT2D eigenvalue weighted by molar-refractivity contribution is -0.385. The van der Waals surface area contributed by atoms with Gasteiger partial charge < -0.3 is 5.32 Å². The number of benzene rings is 1. The molecule has 98 valence electrons. The third-order valence-electron chi connectivity index (χ3n) is 2.47. The number of nitrogens with zero attached hydrogens (tertiary/aromatic N) is 2. The summed E-state index contributed by atoms with van der Waals surface area (Å²) in [7, 11) is 0. The lowest BCUT2D eigenvalue weighted by Crippen LogP contribution is -2.13. The molecule has 7 nitrogen and oxygen atoms in total. The number of hydrogen-bond acceptors (Lipinski definition) is 4. The number of nitro benzene ring substituents is 1. The summed E-state index contributed by atoms with van der Waals surface area (Å²) in [5.74, 6) is 0.0264. The predicted octanol–water partition coefficient (Wildman–Crippen LogP) is 2.64. The quantitative estimate of drug-likeness (QED) is 0.669. The zero-order valence-corrected chi connectivity index (χ0v) is 11.4. The molecule has 0 bridgehead atoms. The molecule has 1 heterocycles. The SMILES string of the molecule is Cc1cn[nH]c1NC(=O)c1ccc(Br)c([N+](=O)[O-])c1. The molecule has 0 unspecified atom stereocenters. The molecule has 2 aromatic rings. The van der Waals surface area contributed by atoms with E-state index in [1.165, 1.54) is 18.2 Å². The first-order chi connectivity index (χ1) is 8.99. The lowest BCUT2D eigenvalue weighted by atomic mass is 10.2. The molecular formula is C11H9BrN4O3. The highest BCUT2D eigenvalue weighted by molar-refractivity contribution is 9.10. The largest absolute Gasteiger partial charge is 0.307 e. The monoisotopic (exact) mass is 324 g/mol. The van der Waals surface area contributed by atoms with E-state index in [1.807, 2.05) is 0 Å². The van der Waals surface area contributed by atoms with E-state index in [9.17, 15) is 14.9 Å². The van der Waals surface area contributed by atoms with Crippen LogP contribution in [0, 0.1) is 17.0 Å². The minimum atomic E-state index is -0.553. The van der Waals surface area contributed by atoms with Crippen molar-refractivity contribution in [2.45, 2.75) is 6.92 Å². The summed E-state index contributed by atoms with van der Waals surface area (Å²) in [6.45, 7) is 1.78. The molecule has 0 aliphatic heterocycles. The molecule has 0 atom stereocenters. The van der Waals surface area contributed by atoms with Crippen LogP contribution in [0.1, 0.15) is 15.9 Å². The Hall–Kier alpha value is -2.22. The predicted molar refractivity (Wildman–Crippen MR) is 72.1 cm³/mol. The van der Waals surface area contributed by atoms with E-state index in [2.05, 4.69) is 31.4 Å². The van der Waals surface area contributed by atoms with E-state index in [0.29, 0.717) is 10.3 Å². The van der Waals surface area contributed by atoms with Crippen molar-refractivity contribution in [1.29, 1.82) is 0 Å². The van der Waals surface area contributed by atoms with Gasteiger partial charge in [-0.1, -0.05) is 0 Å². The summed E-state index contributed by atoms with van der Waals surface area (Å²) in [6, 6.07) is 4.18. The number of rotatable bonds is 3.